The monoisotopic (exact) mass is 502 g/mol. The van der Waals surface area contributed by atoms with E-state index in [0.29, 0.717) is 22.1 Å². The van der Waals surface area contributed by atoms with Crippen LogP contribution in [0.3, 0.4) is 0 Å². The summed E-state index contributed by atoms with van der Waals surface area (Å²) in [5.41, 5.74) is 1.91. The fraction of sp³-hybridized carbons (Fsp3) is 0.240. The zero-order valence-corrected chi connectivity index (χ0v) is 21.0. The van der Waals surface area contributed by atoms with Gasteiger partial charge in [-0.15, -0.1) is 0 Å². The lowest BCUT2D eigenvalue weighted by atomic mass is 10.1. The van der Waals surface area contributed by atoms with Crippen molar-refractivity contribution in [1.29, 1.82) is 0 Å². The molecule has 34 heavy (non-hydrogen) atoms. The quantitative estimate of drug-likeness (QED) is 0.457. The molecule has 0 aliphatic rings. The molecular weight excluding hydrogens is 476 g/mol. The van der Waals surface area contributed by atoms with Crippen LogP contribution in [0, 0.1) is 6.92 Å². The van der Waals surface area contributed by atoms with Gasteiger partial charge >= 0.3 is 0 Å². The smallest absolute Gasteiger partial charge is 0.264 e. The van der Waals surface area contributed by atoms with Gasteiger partial charge in [0.15, 0.2) is 0 Å². The number of nitrogens with one attached hydrogen (secondary N) is 1. The molecule has 0 aliphatic carbocycles. The van der Waals surface area contributed by atoms with Gasteiger partial charge in [0, 0.05) is 10.6 Å². The number of amides is 1. The van der Waals surface area contributed by atoms with Gasteiger partial charge in [-0.2, -0.15) is 0 Å². The van der Waals surface area contributed by atoms with Gasteiger partial charge in [0.2, 0.25) is 5.91 Å². The summed E-state index contributed by atoms with van der Waals surface area (Å²) < 4.78 is 38.7. The second-order valence-electron chi connectivity index (χ2n) is 7.70. The topological polar surface area (TPSA) is 84.9 Å². The number of hydrogen-bond donors (Lipinski definition) is 1. The molecule has 0 spiro atoms. The van der Waals surface area contributed by atoms with E-state index in [9.17, 15) is 13.2 Å². The minimum absolute atomic E-state index is 0.0772. The first kappa shape index (κ1) is 25.4. The zero-order valence-electron chi connectivity index (χ0n) is 19.4. The van der Waals surface area contributed by atoms with E-state index in [1.807, 2.05) is 6.92 Å². The van der Waals surface area contributed by atoms with Crippen LogP contribution in [0.2, 0.25) is 5.02 Å². The van der Waals surface area contributed by atoms with E-state index in [1.54, 1.807) is 62.6 Å². The molecule has 3 aromatic rings. The van der Waals surface area contributed by atoms with Crippen molar-refractivity contribution in [3.05, 3.63) is 82.9 Å². The van der Waals surface area contributed by atoms with Gasteiger partial charge in [0.1, 0.15) is 18.0 Å². The van der Waals surface area contributed by atoms with Gasteiger partial charge in [-0.05, 0) is 62.4 Å². The molecule has 0 bridgehead atoms. The number of carbonyl (C=O) groups excluding carboxylic acids is 1. The molecule has 9 heteroatoms. The van der Waals surface area contributed by atoms with E-state index in [-0.39, 0.29) is 10.6 Å². The molecule has 180 valence electrons. The van der Waals surface area contributed by atoms with Crippen LogP contribution in [0.25, 0.3) is 0 Å². The normalized spacial score (nSPS) is 12.0. The number of sulfonamides is 1. The summed E-state index contributed by atoms with van der Waals surface area (Å²) in [7, 11) is -0.952. The first-order valence-electron chi connectivity index (χ1n) is 10.5. The second kappa shape index (κ2) is 10.8. The molecular formula is C25H27ClN2O5S. The van der Waals surface area contributed by atoms with E-state index in [2.05, 4.69) is 5.32 Å². The number of methoxy groups -OCH3 is 2. The molecule has 1 unspecified atom stereocenters. The predicted molar refractivity (Wildman–Crippen MR) is 133 cm³/mol. The number of nitrogens with zero attached hydrogens (tertiary/aromatic N) is 1. The van der Waals surface area contributed by atoms with Crippen molar-refractivity contribution < 1.29 is 22.7 Å². The van der Waals surface area contributed by atoms with E-state index in [1.165, 1.54) is 25.3 Å². The average molecular weight is 503 g/mol. The largest absolute Gasteiger partial charge is 0.497 e. The molecule has 0 aromatic heterocycles. The van der Waals surface area contributed by atoms with Crippen molar-refractivity contribution in [3.63, 3.8) is 0 Å². The summed E-state index contributed by atoms with van der Waals surface area (Å²) in [5, 5.41) is 3.21. The molecule has 1 atom stereocenters. The fourth-order valence-electron chi connectivity index (χ4n) is 3.46. The molecule has 1 N–H and O–H groups in total. The third kappa shape index (κ3) is 5.81. The van der Waals surface area contributed by atoms with Gasteiger partial charge in [-0.25, -0.2) is 8.42 Å². The molecule has 1 amide bonds. The van der Waals surface area contributed by atoms with Crippen LogP contribution in [-0.2, 0) is 14.8 Å². The summed E-state index contributed by atoms with van der Waals surface area (Å²) in [6.07, 6.45) is 0. The van der Waals surface area contributed by atoms with Crippen molar-refractivity contribution in [1.82, 2.24) is 5.32 Å². The van der Waals surface area contributed by atoms with Crippen molar-refractivity contribution in [2.24, 2.45) is 0 Å². The number of benzene rings is 3. The minimum Gasteiger partial charge on any atom is -0.497 e. The maximum Gasteiger partial charge on any atom is 0.264 e. The molecule has 7 nitrogen and oxygen atoms in total. The first-order chi connectivity index (χ1) is 16.1. The highest BCUT2D eigenvalue weighted by atomic mass is 35.5. The van der Waals surface area contributed by atoms with E-state index >= 15 is 0 Å². The number of halogens is 1. The SMILES string of the molecule is COc1ccc(OC)c(C(C)NC(=O)CN(c2cccc(Cl)c2)S(=O)(=O)c2ccc(C)cc2)c1. The Bertz CT molecular complexity index is 1260. The Morgan fingerprint density at radius 2 is 1.74 bits per heavy atom. The van der Waals surface area contributed by atoms with Crippen LogP contribution >= 0.6 is 11.6 Å². The molecule has 0 saturated carbocycles. The molecule has 0 radical (unpaired) electrons. The molecule has 3 aromatic carbocycles. The van der Waals surface area contributed by atoms with Crippen LogP contribution < -0.4 is 19.1 Å². The van der Waals surface area contributed by atoms with Crippen LogP contribution in [0.4, 0.5) is 5.69 Å². The Morgan fingerprint density at radius 3 is 2.35 bits per heavy atom. The Balaban J connectivity index is 1.91. The molecule has 0 aliphatic heterocycles. The average Bonchev–Trinajstić information content (AvgIpc) is 2.82. The van der Waals surface area contributed by atoms with Crippen LogP contribution in [0.1, 0.15) is 24.1 Å². The molecule has 0 fully saturated rings. The van der Waals surface area contributed by atoms with Gasteiger partial charge in [0.25, 0.3) is 10.0 Å². The second-order valence-corrected chi connectivity index (χ2v) is 10.0. The third-order valence-corrected chi connectivity index (χ3v) is 7.30. The number of hydrogen-bond acceptors (Lipinski definition) is 5. The van der Waals surface area contributed by atoms with E-state index < -0.39 is 28.5 Å². The van der Waals surface area contributed by atoms with Gasteiger partial charge in [-0.3, -0.25) is 9.10 Å². The van der Waals surface area contributed by atoms with E-state index in [0.717, 1.165) is 9.87 Å². The number of anilines is 1. The lowest BCUT2D eigenvalue weighted by Gasteiger charge is -2.25. The standard InChI is InChI=1S/C25H27ClN2O5S/c1-17-8-11-22(12-9-17)34(30,31)28(20-7-5-6-19(26)14-20)16-25(29)27-18(2)23-15-21(32-3)10-13-24(23)33-4/h5-15,18H,16H2,1-4H3,(H,27,29). The molecule has 0 saturated heterocycles. The Kier molecular flexibility index (Phi) is 8.06. The third-order valence-electron chi connectivity index (χ3n) is 5.27. The highest BCUT2D eigenvalue weighted by Crippen LogP contribution is 2.30. The highest BCUT2D eigenvalue weighted by molar-refractivity contribution is 7.92. The van der Waals surface area contributed by atoms with Crippen molar-refractivity contribution >= 4 is 33.2 Å². The maximum absolute atomic E-state index is 13.5. The lowest BCUT2D eigenvalue weighted by Crippen LogP contribution is -2.41. The fourth-order valence-corrected chi connectivity index (χ4v) is 5.05. The van der Waals surface area contributed by atoms with Crippen LogP contribution in [0.15, 0.2) is 71.6 Å². The maximum atomic E-state index is 13.5. The Labute approximate surface area is 205 Å². The summed E-state index contributed by atoms with van der Waals surface area (Å²) in [6.45, 7) is 3.22. The van der Waals surface area contributed by atoms with Crippen LogP contribution in [0.5, 0.6) is 11.5 Å². The summed E-state index contributed by atoms with van der Waals surface area (Å²) in [4.78, 5) is 13.1. The lowest BCUT2D eigenvalue weighted by molar-refractivity contribution is -0.120. The number of ether oxygens (including phenoxy) is 2. The van der Waals surface area contributed by atoms with Crippen LogP contribution in [-0.4, -0.2) is 35.1 Å². The number of carbonyl (C=O) groups is 1. The molecule has 0 heterocycles. The summed E-state index contributed by atoms with van der Waals surface area (Å²) in [6, 6.07) is 17.6. The van der Waals surface area contributed by atoms with Crippen molar-refractivity contribution in [3.8, 4) is 11.5 Å². The Hall–Kier alpha value is -3.23. The first-order valence-corrected chi connectivity index (χ1v) is 12.3. The number of aryl methyl sites for hydroxylation is 1. The van der Waals surface area contributed by atoms with Crippen molar-refractivity contribution in [2.75, 3.05) is 25.1 Å². The van der Waals surface area contributed by atoms with Gasteiger partial charge in [-0.1, -0.05) is 35.4 Å². The van der Waals surface area contributed by atoms with Gasteiger partial charge in [0.05, 0.1) is 30.8 Å². The van der Waals surface area contributed by atoms with Crippen molar-refractivity contribution in [2.45, 2.75) is 24.8 Å². The summed E-state index contributed by atoms with van der Waals surface area (Å²) >= 11 is 6.12. The van der Waals surface area contributed by atoms with Gasteiger partial charge < -0.3 is 14.8 Å². The zero-order chi connectivity index (χ0) is 24.9. The molecule has 3 rings (SSSR count). The minimum atomic E-state index is -4.04. The number of rotatable bonds is 9. The summed E-state index contributed by atoms with van der Waals surface area (Å²) in [5.74, 6) is 0.694. The Morgan fingerprint density at radius 1 is 1.03 bits per heavy atom. The predicted octanol–water partition coefficient (Wildman–Crippen LogP) is 4.74. The highest BCUT2D eigenvalue weighted by Gasteiger charge is 2.28. The van der Waals surface area contributed by atoms with E-state index in [4.69, 9.17) is 21.1 Å².